The highest BCUT2D eigenvalue weighted by Crippen LogP contribution is 2.36. The normalized spacial score (nSPS) is 11.2. The fourth-order valence-electron chi connectivity index (χ4n) is 1.95. The summed E-state index contributed by atoms with van der Waals surface area (Å²) in [6.07, 6.45) is -4.99. The smallest absolute Gasteiger partial charge is 0.465 e. The summed E-state index contributed by atoms with van der Waals surface area (Å²) in [6.45, 7) is 0. The molecule has 0 aliphatic heterocycles. The van der Waals surface area contributed by atoms with Crippen LogP contribution in [-0.2, 0) is 4.74 Å². The average molecular weight is 332 g/mol. The molecule has 0 fully saturated rings. The molecular formula is C15H9F5O3. The van der Waals surface area contributed by atoms with Gasteiger partial charge in [-0.2, -0.15) is 0 Å². The zero-order valence-electron chi connectivity index (χ0n) is 11.6. The number of benzene rings is 2. The van der Waals surface area contributed by atoms with Crippen LogP contribution in [0.15, 0.2) is 36.4 Å². The lowest BCUT2D eigenvalue weighted by atomic mass is 9.98. The lowest BCUT2D eigenvalue weighted by Gasteiger charge is -2.15. The third-order valence-electron chi connectivity index (χ3n) is 2.87. The molecule has 0 radical (unpaired) electrons. The molecule has 2 rings (SSSR count). The van der Waals surface area contributed by atoms with E-state index in [1.165, 1.54) is 18.2 Å². The lowest BCUT2D eigenvalue weighted by Crippen LogP contribution is -2.18. The van der Waals surface area contributed by atoms with Crippen molar-refractivity contribution >= 4 is 5.97 Å². The molecule has 0 amide bonds. The average Bonchev–Trinajstić information content (AvgIpc) is 2.48. The summed E-state index contributed by atoms with van der Waals surface area (Å²) in [6, 6.07) is 5.97. The number of rotatable bonds is 3. The molecule has 0 saturated heterocycles. The van der Waals surface area contributed by atoms with Crippen molar-refractivity contribution in [2.24, 2.45) is 0 Å². The second-order valence-corrected chi connectivity index (χ2v) is 4.35. The van der Waals surface area contributed by atoms with Crippen LogP contribution in [0.4, 0.5) is 22.0 Å². The van der Waals surface area contributed by atoms with E-state index < -0.39 is 35.3 Å². The number of hydrogen-bond acceptors (Lipinski definition) is 3. The quantitative estimate of drug-likeness (QED) is 0.620. The molecule has 2 aromatic rings. The highest BCUT2D eigenvalue weighted by Gasteiger charge is 2.32. The minimum Gasteiger partial charge on any atom is -0.465 e. The van der Waals surface area contributed by atoms with E-state index in [2.05, 4.69) is 9.47 Å². The van der Waals surface area contributed by atoms with E-state index in [9.17, 15) is 26.7 Å². The minimum atomic E-state index is -4.99. The number of halogens is 5. The molecule has 0 unspecified atom stereocenters. The number of carbonyl (C=O) groups is 1. The zero-order chi connectivity index (χ0) is 17.2. The third-order valence-corrected chi connectivity index (χ3v) is 2.87. The van der Waals surface area contributed by atoms with E-state index in [0.717, 1.165) is 13.2 Å². The molecule has 8 heteroatoms. The molecular weight excluding hydrogens is 323 g/mol. The number of alkyl halides is 3. The van der Waals surface area contributed by atoms with Gasteiger partial charge in [-0.1, -0.05) is 18.2 Å². The molecule has 122 valence electrons. The Balaban J connectivity index is 2.67. The molecule has 0 atom stereocenters. The van der Waals surface area contributed by atoms with Gasteiger partial charge in [0, 0.05) is 11.1 Å². The van der Waals surface area contributed by atoms with Gasteiger partial charge in [0.05, 0.1) is 12.7 Å². The molecule has 23 heavy (non-hydrogen) atoms. The maximum atomic E-state index is 13.5. The van der Waals surface area contributed by atoms with Crippen molar-refractivity contribution in [3.8, 4) is 16.9 Å². The van der Waals surface area contributed by atoms with Crippen molar-refractivity contribution in [1.29, 1.82) is 0 Å². The van der Waals surface area contributed by atoms with E-state index in [-0.39, 0.29) is 11.1 Å². The molecule has 0 aromatic heterocycles. The molecule has 2 aromatic carbocycles. The van der Waals surface area contributed by atoms with Gasteiger partial charge in [0.2, 0.25) is 0 Å². The van der Waals surface area contributed by atoms with Crippen LogP contribution >= 0.6 is 0 Å². The number of ether oxygens (including phenoxy) is 2. The summed E-state index contributed by atoms with van der Waals surface area (Å²) in [5, 5.41) is 0. The Bertz CT molecular complexity index is 740. The van der Waals surface area contributed by atoms with Crippen molar-refractivity contribution in [3.63, 3.8) is 0 Å². The van der Waals surface area contributed by atoms with E-state index in [1.807, 2.05) is 0 Å². The van der Waals surface area contributed by atoms with E-state index >= 15 is 0 Å². The Morgan fingerprint density at radius 2 is 1.61 bits per heavy atom. The summed E-state index contributed by atoms with van der Waals surface area (Å²) in [5.74, 6) is -4.34. The van der Waals surface area contributed by atoms with Gasteiger partial charge < -0.3 is 9.47 Å². The van der Waals surface area contributed by atoms with Crippen molar-refractivity contribution in [3.05, 3.63) is 53.6 Å². The number of para-hydroxylation sites is 1. The van der Waals surface area contributed by atoms with Crippen LogP contribution in [0, 0.1) is 11.6 Å². The van der Waals surface area contributed by atoms with E-state index in [4.69, 9.17) is 0 Å². The molecule has 0 aliphatic carbocycles. The topological polar surface area (TPSA) is 35.5 Å². The first-order valence-corrected chi connectivity index (χ1v) is 6.15. The van der Waals surface area contributed by atoms with Gasteiger partial charge in [-0.15, -0.1) is 13.2 Å². The molecule has 0 aliphatic rings. The highest BCUT2D eigenvalue weighted by atomic mass is 19.4. The summed E-state index contributed by atoms with van der Waals surface area (Å²) in [5.41, 5.74) is -0.940. The van der Waals surface area contributed by atoms with Gasteiger partial charge in [-0.25, -0.2) is 13.6 Å². The Labute approximate surface area is 127 Å². The largest absolute Gasteiger partial charge is 0.573 e. The number of carbonyl (C=O) groups excluding carboxylic acids is 1. The predicted octanol–water partition coefficient (Wildman–Crippen LogP) is 4.32. The van der Waals surface area contributed by atoms with Crippen LogP contribution in [0.25, 0.3) is 11.1 Å². The highest BCUT2D eigenvalue weighted by molar-refractivity contribution is 5.98. The van der Waals surface area contributed by atoms with Crippen LogP contribution in [0.2, 0.25) is 0 Å². The van der Waals surface area contributed by atoms with E-state index in [1.54, 1.807) is 0 Å². The number of methoxy groups -OCH3 is 1. The number of esters is 1. The fourth-order valence-corrected chi connectivity index (χ4v) is 1.95. The Hall–Kier alpha value is -2.64. The SMILES string of the molecule is COC(=O)c1cc(F)c(F)cc1-c1ccccc1OC(F)(F)F. The van der Waals surface area contributed by atoms with Crippen molar-refractivity contribution in [2.45, 2.75) is 6.36 Å². The van der Waals surface area contributed by atoms with Gasteiger partial charge in [0.1, 0.15) is 5.75 Å². The standard InChI is InChI=1S/C15H9F5O3/c1-22-14(21)10-7-12(17)11(16)6-9(10)8-4-2-3-5-13(8)23-15(18,19)20/h2-7H,1H3. The first-order chi connectivity index (χ1) is 10.7. The van der Waals surface area contributed by atoms with Crippen molar-refractivity contribution in [1.82, 2.24) is 0 Å². The van der Waals surface area contributed by atoms with Crippen molar-refractivity contribution in [2.75, 3.05) is 7.11 Å². The zero-order valence-corrected chi connectivity index (χ0v) is 11.6. The summed E-state index contributed by atoms with van der Waals surface area (Å²) in [4.78, 5) is 11.7. The second kappa shape index (κ2) is 6.23. The van der Waals surface area contributed by atoms with Crippen LogP contribution in [0.3, 0.4) is 0 Å². The maximum Gasteiger partial charge on any atom is 0.573 e. The van der Waals surface area contributed by atoms with Gasteiger partial charge in [-0.3, -0.25) is 0 Å². The van der Waals surface area contributed by atoms with Crippen LogP contribution < -0.4 is 4.74 Å². The molecule has 0 spiro atoms. The summed E-state index contributed by atoms with van der Waals surface area (Å²) in [7, 11) is 1.01. The molecule has 0 N–H and O–H groups in total. The number of hydrogen-bond donors (Lipinski definition) is 0. The van der Waals surface area contributed by atoms with Crippen LogP contribution in [-0.4, -0.2) is 19.4 Å². The van der Waals surface area contributed by atoms with E-state index in [0.29, 0.717) is 12.1 Å². The second-order valence-electron chi connectivity index (χ2n) is 4.35. The van der Waals surface area contributed by atoms with Gasteiger partial charge in [-0.05, 0) is 18.2 Å². The Morgan fingerprint density at radius 3 is 2.22 bits per heavy atom. The first-order valence-electron chi connectivity index (χ1n) is 6.15. The van der Waals surface area contributed by atoms with Crippen LogP contribution in [0.1, 0.15) is 10.4 Å². The summed E-state index contributed by atoms with van der Waals surface area (Å²) < 4.78 is 72.5. The van der Waals surface area contributed by atoms with Gasteiger partial charge in [0.15, 0.2) is 11.6 Å². The third kappa shape index (κ3) is 3.77. The fraction of sp³-hybridized carbons (Fsp3) is 0.133. The predicted molar refractivity (Wildman–Crippen MR) is 69.8 cm³/mol. The first kappa shape index (κ1) is 16.7. The molecule has 3 nitrogen and oxygen atoms in total. The minimum absolute atomic E-state index is 0.232. The monoisotopic (exact) mass is 332 g/mol. The van der Waals surface area contributed by atoms with Crippen molar-refractivity contribution < 1.29 is 36.2 Å². The Morgan fingerprint density at radius 1 is 1.00 bits per heavy atom. The maximum absolute atomic E-state index is 13.5. The van der Waals surface area contributed by atoms with Gasteiger partial charge >= 0.3 is 12.3 Å². The molecule has 0 saturated carbocycles. The summed E-state index contributed by atoms with van der Waals surface area (Å²) >= 11 is 0. The lowest BCUT2D eigenvalue weighted by molar-refractivity contribution is -0.274. The molecule has 0 bridgehead atoms. The Kier molecular flexibility index (Phi) is 4.53. The van der Waals surface area contributed by atoms with Gasteiger partial charge in [0.25, 0.3) is 0 Å². The molecule has 0 heterocycles. The van der Waals surface area contributed by atoms with Crippen LogP contribution in [0.5, 0.6) is 5.75 Å².